The van der Waals surface area contributed by atoms with E-state index in [4.69, 9.17) is 16.0 Å². The van der Waals surface area contributed by atoms with E-state index < -0.39 is 0 Å². The summed E-state index contributed by atoms with van der Waals surface area (Å²) in [5, 5.41) is 3.91. The fourth-order valence-corrected chi connectivity index (χ4v) is 3.19. The lowest BCUT2D eigenvalue weighted by Gasteiger charge is -2.09. The molecular formula is C19H16ClNO3. The number of hydrogen-bond acceptors (Lipinski definition) is 3. The number of halogens is 1. The van der Waals surface area contributed by atoms with Crippen molar-refractivity contribution in [3.8, 4) is 0 Å². The van der Waals surface area contributed by atoms with Crippen molar-refractivity contribution in [1.29, 1.82) is 0 Å². The summed E-state index contributed by atoms with van der Waals surface area (Å²) in [5.74, 6) is 0.147. The van der Waals surface area contributed by atoms with E-state index in [9.17, 15) is 9.59 Å². The predicted molar refractivity (Wildman–Crippen MR) is 95.1 cm³/mol. The molecule has 0 atom stereocenters. The second-order valence-electron chi connectivity index (χ2n) is 5.66. The second-order valence-corrected chi connectivity index (χ2v) is 6.06. The predicted octanol–water partition coefficient (Wildman–Crippen LogP) is 5.16. The smallest absolute Gasteiger partial charge is 0.257 e. The molecule has 0 fully saturated rings. The van der Waals surface area contributed by atoms with Gasteiger partial charge >= 0.3 is 0 Å². The van der Waals surface area contributed by atoms with Crippen molar-refractivity contribution in [3.05, 3.63) is 63.9 Å². The highest BCUT2D eigenvalue weighted by molar-refractivity contribution is 6.34. The second kappa shape index (κ2) is 6.13. The molecule has 0 saturated carbocycles. The van der Waals surface area contributed by atoms with Crippen molar-refractivity contribution in [1.82, 2.24) is 0 Å². The van der Waals surface area contributed by atoms with Gasteiger partial charge in [0.2, 0.25) is 0 Å². The molecule has 24 heavy (non-hydrogen) atoms. The number of aryl methyl sites for hydroxylation is 2. The minimum Gasteiger partial charge on any atom is -0.458 e. The van der Waals surface area contributed by atoms with Crippen molar-refractivity contribution >= 4 is 39.9 Å². The van der Waals surface area contributed by atoms with Crippen molar-refractivity contribution in [2.45, 2.75) is 20.8 Å². The number of ketones is 1. The third-order valence-corrected chi connectivity index (χ3v) is 4.26. The van der Waals surface area contributed by atoms with Crippen LogP contribution in [0.25, 0.3) is 11.0 Å². The van der Waals surface area contributed by atoms with Crippen LogP contribution in [-0.4, -0.2) is 11.7 Å². The van der Waals surface area contributed by atoms with Crippen LogP contribution < -0.4 is 5.32 Å². The molecule has 2 aromatic carbocycles. The number of benzene rings is 2. The lowest BCUT2D eigenvalue weighted by molar-refractivity contribution is 0.101. The fraction of sp³-hybridized carbons (Fsp3) is 0.158. The Morgan fingerprint density at radius 1 is 1.04 bits per heavy atom. The fourth-order valence-electron chi connectivity index (χ4n) is 2.88. The lowest BCUT2D eigenvalue weighted by atomic mass is 10.1. The molecule has 4 nitrogen and oxygen atoms in total. The molecule has 1 heterocycles. The highest BCUT2D eigenvalue weighted by Crippen LogP contribution is 2.32. The topological polar surface area (TPSA) is 59.3 Å². The van der Waals surface area contributed by atoms with Gasteiger partial charge in [-0.25, -0.2) is 0 Å². The standard InChI is InChI=1S/C19H16ClNO3/c1-10-6-4-8-14(20)16(10)19(23)21-15-9-5-7-13-17(11(2)22)12(3)24-18(13)15/h4-9H,1-3H3,(H,21,23). The Bertz CT molecular complexity index is 952. The van der Waals surface area contributed by atoms with Crippen molar-refractivity contribution in [2.24, 2.45) is 0 Å². The minimum atomic E-state index is -0.316. The Balaban J connectivity index is 2.07. The highest BCUT2D eigenvalue weighted by atomic mass is 35.5. The summed E-state index contributed by atoms with van der Waals surface area (Å²) in [5.41, 5.74) is 2.74. The zero-order chi connectivity index (χ0) is 17.4. The first kappa shape index (κ1) is 16.3. The van der Waals surface area contributed by atoms with E-state index in [1.54, 1.807) is 37.3 Å². The number of Topliss-reactive ketones (excluding diaryl/α,β-unsaturated/α-hetero) is 1. The third kappa shape index (κ3) is 2.69. The van der Waals surface area contributed by atoms with Gasteiger partial charge in [-0.1, -0.05) is 35.9 Å². The molecule has 0 unspecified atom stereocenters. The number of furan rings is 1. The van der Waals surface area contributed by atoms with Gasteiger partial charge in [-0.3, -0.25) is 9.59 Å². The first-order valence-corrected chi connectivity index (χ1v) is 7.87. The summed E-state index contributed by atoms with van der Waals surface area (Å²) in [6.45, 7) is 5.06. The first-order chi connectivity index (χ1) is 11.4. The van der Waals surface area contributed by atoms with E-state index in [2.05, 4.69) is 5.32 Å². The van der Waals surface area contributed by atoms with Gasteiger partial charge in [0, 0.05) is 5.39 Å². The number of hydrogen-bond donors (Lipinski definition) is 1. The van der Waals surface area contributed by atoms with Crippen molar-refractivity contribution < 1.29 is 14.0 Å². The molecule has 1 N–H and O–H groups in total. The number of anilines is 1. The van der Waals surface area contributed by atoms with Gasteiger partial charge in [0.15, 0.2) is 11.4 Å². The first-order valence-electron chi connectivity index (χ1n) is 7.49. The summed E-state index contributed by atoms with van der Waals surface area (Å²) in [7, 11) is 0. The van der Waals surface area contributed by atoms with E-state index in [0.29, 0.717) is 38.6 Å². The molecule has 0 aliphatic heterocycles. The maximum Gasteiger partial charge on any atom is 0.257 e. The number of nitrogens with one attached hydrogen (secondary N) is 1. The quantitative estimate of drug-likeness (QED) is 0.669. The molecule has 3 aromatic rings. The van der Waals surface area contributed by atoms with Gasteiger partial charge in [0.25, 0.3) is 5.91 Å². The number of amides is 1. The molecule has 3 rings (SSSR count). The van der Waals surface area contributed by atoms with Crippen molar-refractivity contribution in [3.63, 3.8) is 0 Å². The maximum absolute atomic E-state index is 12.6. The van der Waals surface area contributed by atoms with E-state index in [1.807, 2.05) is 13.0 Å². The molecule has 0 saturated heterocycles. The highest BCUT2D eigenvalue weighted by Gasteiger charge is 2.19. The molecule has 0 aliphatic carbocycles. The van der Waals surface area contributed by atoms with E-state index in [0.717, 1.165) is 5.56 Å². The van der Waals surface area contributed by atoms with Gasteiger partial charge in [-0.05, 0) is 38.5 Å². The summed E-state index contributed by atoms with van der Waals surface area (Å²) in [4.78, 5) is 24.4. The molecular weight excluding hydrogens is 326 g/mol. The van der Waals surface area contributed by atoms with Crippen LogP contribution in [0.1, 0.15) is 39.0 Å². The lowest BCUT2D eigenvalue weighted by Crippen LogP contribution is -2.14. The van der Waals surface area contributed by atoms with Crippen LogP contribution in [0.4, 0.5) is 5.69 Å². The average molecular weight is 342 g/mol. The number of para-hydroxylation sites is 1. The van der Waals surface area contributed by atoms with Gasteiger partial charge in [0.05, 0.1) is 21.8 Å². The summed E-state index contributed by atoms with van der Waals surface area (Å²) in [6, 6.07) is 10.6. The number of carbonyl (C=O) groups is 2. The Hall–Kier alpha value is -2.59. The number of carbonyl (C=O) groups excluding carboxylic acids is 2. The molecule has 0 aliphatic rings. The van der Waals surface area contributed by atoms with Gasteiger partial charge in [0.1, 0.15) is 5.76 Å². The van der Waals surface area contributed by atoms with Crippen LogP contribution in [0.15, 0.2) is 40.8 Å². The SMILES string of the molecule is CC(=O)c1c(C)oc2c(NC(=O)c3c(C)cccc3Cl)cccc12. The molecule has 1 aromatic heterocycles. The van der Waals surface area contributed by atoms with Gasteiger partial charge in [-0.2, -0.15) is 0 Å². The summed E-state index contributed by atoms with van der Waals surface area (Å²) >= 11 is 6.15. The third-order valence-electron chi connectivity index (χ3n) is 3.94. The van der Waals surface area contributed by atoms with Crippen molar-refractivity contribution in [2.75, 3.05) is 5.32 Å². The van der Waals surface area contributed by atoms with Gasteiger partial charge in [-0.15, -0.1) is 0 Å². The monoisotopic (exact) mass is 341 g/mol. The van der Waals surface area contributed by atoms with Crippen LogP contribution in [-0.2, 0) is 0 Å². The number of rotatable bonds is 3. The Morgan fingerprint density at radius 3 is 2.42 bits per heavy atom. The summed E-state index contributed by atoms with van der Waals surface area (Å²) in [6.07, 6.45) is 0. The van der Waals surface area contributed by atoms with Gasteiger partial charge < -0.3 is 9.73 Å². The van der Waals surface area contributed by atoms with Crippen LogP contribution in [0.2, 0.25) is 5.02 Å². The molecule has 122 valence electrons. The molecule has 1 amide bonds. The van der Waals surface area contributed by atoms with E-state index in [-0.39, 0.29) is 11.7 Å². The van der Waals surface area contributed by atoms with Crippen LogP contribution in [0.3, 0.4) is 0 Å². The Morgan fingerprint density at radius 2 is 1.75 bits per heavy atom. The molecule has 5 heteroatoms. The minimum absolute atomic E-state index is 0.0725. The van der Waals surface area contributed by atoms with Crippen LogP contribution >= 0.6 is 11.6 Å². The average Bonchev–Trinajstić information content (AvgIpc) is 2.84. The van der Waals surface area contributed by atoms with Crippen LogP contribution in [0, 0.1) is 13.8 Å². The summed E-state index contributed by atoms with van der Waals surface area (Å²) < 4.78 is 5.72. The van der Waals surface area contributed by atoms with Crippen LogP contribution in [0.5, 0.6) is 0 Å². The normalized spacial score (nSPS) is 10.8. The molecule has 0 bridgehead atoms. The molecule has 0 spiro atoms. The van der Waals surface area contributed by atoms with E-state index >= 15 is 0 Å². The largest absolute Gasteiger partial charge is 0.458 e. The Labute approximate surface area is 144 Å². The number of fused-ring (bicyclic) bond motifs is 1. The Kier molecular flexibility index (Phi) is 4.16. The maximum atomic E-state index is 12.6. The zero-order valence-corrected chi connectivity index (χ0v) is 14.3. The molecule has 0 radical (unpaired) electrons. The zero-order valence-electron chi connectivity index (χ0n) is 13.6. The van der Waals surface area contributed by atoms with E-state index in [1.165, 1.54) is 6.92 Å².